The van der Waals surface area contributed by atoms with Gasteiger partial charge in [-0.15, -0.1) is 0 Å². The summed E-state index contributed by atoms with van der Waals surface area (Å²) in [5, 5.41) is 6.14. The molecule has 1 aliphatic rings. The van der Waals surface area contributed by atoms with Crippen LogP contribution in [0.3, 0.4) is 0 Å². The molecular formula is C25H23ClN2O2S. The van der Waals surface area contributed by atoms with E-state index >= 15 is 0 Å². The number of carbonyl (C=O) groups excluding carboxylic acids is 1. The maximum Gasteiger partial charge on any atom is 0.264 e. The van der Waals surface area contributed by atoms with Gasteiger partial charge in [0.05, 0.1) is 17.2 Å². The highest BCUT2D eigenvalue weighted by molar-refractivity contribution is 8.18. The van der Waals surface area contributed by atoms with E-state index in [9.17, 15) is 4.79 Å². The second-order valence-corrected chi connectivity index (χ2v) is 8.70. The van der Waals surface area contributed by atoms with E-state index in [4.69, 9.17) is 16.3 Å². The van der Waals surface area contributed by atoms with E-state index in [-0.39, 0.29) is 5.91 Å². The van der Waals surface area contributed by atoms with Crippen LogP contribution in [0.1, 0.15) is 30.9 Å². The quantitative estimate of drug-likeness (QED) is 0.329. The minimum absolute atomic E-state index is 0.157. The molecule has 1 heterocycles. The Bertz CT molecular complexity index is 1200. The number of halogens is 1. The lowest BCUT2D eigenvalue weighted by molar-refractivity contribution is -0.115. The van der Waals surface area contributed by atoms with Gasteiger partial charge in [0.2, 0.25) is 0 Å². The fourth-order valence-electron chi connectivity index (χ4n) is 3.32. The Labute approximate surface area is 191 Å². The standard InChI is InChI=1S/C25H23ClN2O2S/c1-3-4-14-30-22-13-12-17(18-8-5-6-9-19(18)22)15-23-24(29)28-25(31-23)27-21-11-7-10-20(26)16(21)2/h5-13,15H,3-4,14H2,1-2H3,(H,27,28,29)/b23-15-. The van der Waals surface area contributed by atoms with Gasteiger partial charge in [-0.25, -0.2) is 4.99 Å². The highest BCUT2D eigenvalue weighted by Gasteiger charge is 2.24. The number of nitrogens with one attached hydrogen (secondary N) is 1. The lowest BCUT2D eigenvalue weighted by Crippen LogP contribution is -2.19. The summed E-state index contributed by atoms with van der Waals surface area (Å²) in [6, 6.07) is 17.6. The van der Waals surface area contributed by atoms with Crippen LogP contribution in [0, 0.1) is 6.92 Å². The SMILES string of the molecule is CCCCOc1ccc(/C=C2\SC(=Nc3cccc(Cl)c3C)NC2=O)c2ccccc12. The number of fused-ring (bicyclic) bond motifs is 1. The number of thioether (sulfide) groups is 1. The molecule has 0 saturated carbocycles. The maximum absolute atomic E-state index is 12.6. The van der Waals surface area contributed by atoms with Crippen LogP contribution in [0.15, 0.2) is 64.5 Å². The third-order valence-electron chi connectivity index (χ3n) is 5.07. The first-order chi connectivity index (χ1) is 15.1. The molecule has 0 radical (unpaired) electrons. The van der Waals surface area contributed by atoms with Gasteiger partial charge in [0.25, 0.3) is 5.91 Å². The largest absolute Gasteiger partial charge is 0.493 e. The van der Waals surface area contributed by atoms with E-state index in [1.807, 2.05) is 55.5 Å². The van der Waals surface area contributed by atoms with E-state index in [1.165, 1.54) is 11.8 Å². The van der Waals surface area contributed by atoms with Crippen molar-refractivity contribution in [2.24, 2.45) is 4.99 Å². The summed E-state index contributed by atoms with van der Waals surface area (Å²) in [7, 11) is 0. The normalized spacial score (nSPS) is 16.3. The number of amides is 1. The van der Waals surface area contributed by atoms with Gasteiger partial charge in [-0.3, -0.25) is 4.79 Å². The first kappa shape index (κ1) is 21.5. The third kappa shape index (κ3) is 4.78. The van der Waals surface area contributed by atoms with Crippen LogP contribution in [0.25, 0.3) is 16.8 Å². The number of hydrogen-bond donors (Lipinski definition) is 1. The molecule has 3 aromatic carbocycles. The fraction of sp³-hybridized carbons (Fsp3) is 0.200. The van der Waals surface area contributed by atoms with Crippen molar-refractivity contribution in [2.45, 2.75) is 26.7 Å². The summed E-state index contributed by atoms with van der Waals surface area (Å²) in [6.45, 7) is 4.75. The Kier molecular flexibility index (Phi) is 6.64. The van der Waals surface area contributed by atoms with Gasteiger partial charge < -0.3 is 10.1 Å². The number of nitrogens with zero attached hydrogens (tertiary/aromatic N) is 1. The molecule has 1 fully saturated rings. The molecule has 0 unspecified atom stereocenters. The molecule has 158 valence electrons. The lowest BCUT2D eigenvalue weighted by atomic mass is 10.0. The fourth-order valence-corrected chi connectivity index (χ4v) is 4.32. The number of carbonyl (C=O) groups is 1. The number of unbranched alkanes of at least 4 members (excludes halogenated alkanes) is 1. The Morgan fingerprint density at radius 3 is 2.71 bits per heavy atom. The summed E-state index contributed by atoms with van der Waals surface area (Å²) in [6.07, 6.45) is 4.02. The molecule has 1 aliphatic heterocycles. The zero-order valence-electron chi connectivity index (χ0n) is 17.4. The molecule has 0 spiro atoms. The second-order valence-electron chi connectivity index (χ2n) is 7.27. The average Bonchev–Trinajstić information content (AvgIpc) is 3.11. The molecule has 31 heavy (non-hydrogen) atoms. The molecule has 4 rings (SSSR count). The minimum Gasteiger partial charge on any atom is -0.493 e. The van der Waals surface area contributed by atoms with Crippen molar-refractivity contribution in [3.05, 3.63) is 75.7 Å². The van der Waals surface area contributed by atoms with Gasteiger partial charge in [0.15, 0.2) is 5.17 Å². The Morgan fingerprint density at radius 1 is 1.10 bits per heavy atom. The third-order valence-corrected chi connectivity index (χ3v) is 6.39. The highest BCUT2D eigenvalue weighted by Crippen LogP contribution is 2.34. The van der Waals surface area contributed by atoms with Crippen molar-refractivity contribution in [3.8, 4) is 5.75 Å². The molecule has 0 bridgehead atoms. The minimum atomic E-state index is -0.157. The molecule has 0 aromatic heterocycles. The second kappa shape index (κ2) is 9.58. The summed E-state index contributed by atoms with van der Waals surface area (Å²) < 4.78 is 5.97. The first-order valence-corrected chi connectivity index (χ1v) is 11.5. The molecule has 3 aromatic rings. The average molecular weight is 451 g/mol. The van der Waals surface area contributed by atoms with Gasteiger partial charge >= 0.3 is 0 Å². The van der Waals surface area contributed by atoms with Gasteiger partial charge in [-0.2, -0.15) is 0 Å². The lowest BCUT2D eigenvalue weighted by Gasteiger charge is -2.11. The van der Waals surface area contributed by atoms with Crippen LogP contribution in [0.4, 0.5) is 5.69 Å². The van der Waals surface area contributed by atoms with Gasteiger partial charge in [-0.05, 0) is 65.9 Å². The Hall–Kier alpha value is -2.76. The van der Waals surface area contributed by atoms with Gasteiger partial charge in [0.1, 0.15) is 5.75 Å². The van der Waals surface area contributed by atoms with E-state index in [2.05, 4.69) is 29.4 Å². The first-order valence-electron chi connectivity index (χ1n) is 10.3. The highest BCUT2D eigenvalue weighted by atomic mass is 35.5. The number of benzene rings is 3. The zero-order chi connectivity index (χ0) is 21.8. The molecule has 1 N–H and O–H groups in total. The van der Waals surface area contributed by atoms with E-state index in [1.54, 1.807) is 0 Å². The van der Waals surface area contributed by atoms with E-state index in [0.717, 1.165) is 46.2 Å². The number of hydrogen-bond acceptors (Lipinski definition) is 4. The van der Waals surface area contributed by atoms with Crippen molar-refractivity contribution in [1.82, 2.24) is 5.32 Å². The Morgan fingerprint density at radius 2 is 1.90 bits per heavy atom. The van der Waals surface area contributed by atoms with Crippen LogP contribution in [0.2, 0.25) is 5.02 Å². The van der Waals surface area contributed by atoms with E-state index in [0.29, 0.717) is 21.7 Å². The molecule has 0 aliphatic carbocycles. The van der Waals surface area contributed by atoms with Crippen molar-refractivity contribution in [3.63, 3.8) is 0 Å². The maximum atomic E-state index is 12.6. The molecule has 1 saturated heterocycles. The topological polar surface area (TPSA) is 50.7 Å². The molecule has 4 nitrogen and oxygen atoms in total. The summed E-state index contributed by atoms with van der Waals surface area (Å²) in [5.74, 6) is 0.712. The monoisotopic (exact) mass is 450 g/mol. The molecule has 0 atom stereocenters. The summed E-state index contributed by atoms with van der Waals surface area (Å²) >= 11 is 7.52. The molecular weight excluding hydrogens is 428 g/mol. The number of rotatable bonds is 6. The molecule has 6 heteroatoms. The van der Waals surface area contributed by atoms with Crippen LogP contribution >= 0.6 is 23.4 Å². The summed E-state index contributed by atoms with van der Waals surface area (Å²) in [4.78, 5) is 17.8. The smallest absolute Gasteiger partial charge is 0.264 e. The van der Waals surface area contributed by atoms with Crippen molar-refractivity contribution in [1.29, 1.82) is 0 Å². The van der Waals surface area contributed by atoms with Crippen molar-refractivity contribution >= 4 is 57.0 Å². The van der Waals surface area contributed by atoms with Gasteiger partial charge in [0, 0.05) is 10.4 Å². The van der Waals surface area contributed by atoms with Crippen molar-refractivity contribution < 1.29 is 9.53 Å². The van der Waals surface area contributed by atoms with Crippen LogP contribution < -0.4 is 10.1 Å². The predicted octanol–water partition coefficient (Wildman–Crippen LogP) is 6.87. The van der Waals surface area contributed by atoms with Crippen LogP contribution in [0.5, 0.6) is 5.75 Å². The van der Waals surface area contributed by atoms with E-state index < -0.39 is 0 Å². The number of amidine groups is 1. The predicted molar refractivity (Wildman–Crippen MR) is 131 cm³/mol. The Balaban J connectivity index is 1.64. The number of aliphatic imine (C=N–C) groups is 1. The van der Waals surface area contributed by atoms with Gasteiger partial charge in [-0.1, -0.05) is 61.3 Å². The number of ether oxygens (including phenoxy) is 1. The summed E-state index contributed by atoms with van der Waals surface area (Å²) in [5.41, 5.74) is 2.60. The van der Waals surface area contributed by atoms with Crippen LogP contribution in [-0.4, -0.2) is 17.7 Å². The van der Waals surface area contributed by atoms with Crippen molar-refractivity contribution in [2.75, 3.05) is 6.61 Å². The molecule has 1 amide bonds. The zero-order valence-corrected chi connectivity index (χ0v) is 19.0. The van der Waals surface area contributed by atoms with Crippen LogP contribution in [-0.2, 0) is 4.79 Å².